The Bertz CT molecular complexity index is 1180. The van der Waals surface area contributed by atoms with Crippen molar-refractivity contribution in [1.29, 1.82) is 0 Å². The summed E-state index contributed by atoms with van der Waals surface area (Å²) in [6.45, 7) is 3.55. The zero-order valence-corrected chi connectivity index (χ0v) is 18.1. The molecule has 34 heavy (non-hydrogen) atoms. The van der Waals surface area contributed by atoms with Gasteiger partial charge in [-0.1, -0.05) is 47.7 Å². The third-order valence-electron chi connectivity index (χ3n) is 4.84. The van der Waals surface area contributed by atoms with E-state index < -0.39 is 12.1 Å². The first-order valence-corrected chi connectivity index (χ1v) is 10.2. The maximum Gasteiger partial charge on any atom is 0.490 e. The lowest BCUT2D eigenvalue weighted by Crippen LogP contribution is -2.27. The van der Waals surface area contributed by atoms with Crippen LogP contribution in [0.1, 0.15) is 15.9 Å². The molecule has 0 spiro atoms. The largest absolute Gasteiger partial charge is 0.490 e. The van der Waals surface area contributed by atoms with Gasteiger partial charge in [0.25, 0.3) is 5.91 Å². The molecule has 1 aromatic heterocycles. The summed E-state index contributed by atoms with van der Waals surface area (Å²) in [5.74, 6) is -2.89. The molecule has 178 valence electrons. The van der Waals surface area contributed by atoms with Crippen LogP contribution in [0, 0.1) is 6.92 Å². The number of nitrogens with one attached hydrogen (secondary N) is 2. The van der Waals surface area contributed by atoms with Crippen molar-refractivity contribution in [2.45, 2.75) is 25.7 Å². The Morgan fingerprint density at radius 3 is 2.53 bits per heavy atom. The lowest BCUT2D eigenvalue weighted by molar-refractivity contribution is -0.192. The second kappa shape index (κ2) is 10.8. The first kappa shape index (κ1) is 24.6. The number of carboxylic acid groups (broad SMARTS) is 1. The van der Waals surface area contributed by atoms with E-state index in [0.29, 0.717) is 5.56 Å². The van der Waals surface area contributed by atoms with E-state index in [9.17, 15) is 18.0 Å². The number of amides is 1. The van der Waals surface area contributed by atoms with Crippen LogP contribution in [0.2, 0.25) is 0 Å². The van der Waals surface area contributed by atoms with Gasteiger partial charge in [0.05, 0.1) is 12.7 Å². The smallest absolute Gasteiger partial charge is 0.475 e. The van der Waals surface area contributed by atoms with Crippen molar-refractivity contribution >= 4 is 17.6 Å². The predicted molar refractivity (Wildman–Crippen MR) is 119 cm³/mol. The van der Waals surface area contributed by atoms with Gasteiger partial charge in [-0.05, 0) is 30.7 Å². The van der Waals surface area contributed by atoms with Crippen molar-refractivity contribution in [3.05, 3.63) is 78.0 Å². The van der Waals surface area contributed by atoms with Crippen LogP contribution >= 0.6 is 0 Å². The van der Waals surface area contributed by atoms with Crippen molar-refractivity contribution in [2.75, 3.05) is 11.9 Å². The summed E-state index contributed by atoms with van der Waals surface area (Å²) in [5.41, 5.74) is 3.95. The molecule has 3 aromatic rings. The number of para-hydroxylation sites is 1. The van der Waals surface area contributed by atoms with Crippen LogP contribution in [0.4, 0.5) is 18.9 Å². The topological polar surface area (TPSA) is 109 Å². The molecule has 11 heteroatoms. The number of halogens is 3. The molecule has 2 aromatic carbocycles. The predicted octanol–water partition coefficient (Wildman–Crippen LogP) is 3.67. The number of carboxylic acids is 1. The van der Waals surface area contributed by atoms with Gasteiger partial charge >= 0.3 is 12.1 Å². The van der Waals surface area contributed by atoms with Crippen molar-refractivity contribution in [2.24, 2.45) is 0 Å². The number of hydrogen-bond acceptors (Lipinski definition) is 5. The Morgan fingerprint density at radius 2 is 1.91 bits per heavy atom. The highest BCUT2D eigenvalue weighted by Gasteiger charge is 2.38. The summed E-state index contributed by atoms with van der Waals surface area (Å²) in [4.78, 5) is 21.6. The van der Waals surface area contributed by atoms with Gasteiger partial charge < -0.3 is 15.7 Å². The summed E-state index contributed by atoms with van der Waals surface area (Å²) in [6.07, 6.45) is 1.08. The number of carbonyl (C=O) groups is 2. The zero-order valence-electron chi connectivity index (χ0n) is 18.1. The first-order valence-electron chi connectivity index (χ1n) is 10.2. The average Bonchev–Trinajstić information content (AvgIpc) is 3.47. The molecule has 1 atom stereocenters. The van der Waals surface area contributed by atoms with Crippen LogP contribution < -0.4 is 10.6 Å². The third kappa shape index (κ3) is 6.75. The van der Waals surface area contributed by atoms with E-state index in [1.54, 1.807) is 0 Å². The second-order valence-electron chi connectivity index (χ2n) is 7.42. The van der Waals surface area contributed by atoms with Gasteiger partial charge in [-0.3, -0.25) is 9.48 Å². The van der Waals surface area contributed by atoms with Crippen molar-refractivity contribution in [3.8, 4) is 11.3 Å². The van der Waals surface area contributed by atoms with E-state index >= 15 is 0 Å². The average molecular weight is 473 g/mol. The van der Waals surface area contributed by atoms with E-state index in [1.165, 1.54) is 0 Å². The molecule has 0 radical (unpaired) electrons. The van der Waals surface area contributed by atoms with Crippen molar-refractivity contribution in [1.82, 2.24) is 20.3 Å². The molecule has 3 N–H and O–H groups in total. The normalized spacial score (nSPS) is 14.9. The molecule has 0 fully saturated rings. The Labute approximate surface area is 193 Å². The van der Waals surface area contributed by atoms with Crippen LogP contribution in [-0.4, -0.2) is 50.7 Å². The molecule has 4 rings (SSSR count). The maximum absolute atomic E-state index is 12.7. The Hall–Kier alpha value is -3.99. The monoisotopic (exact) mass is 473 g/mol. The first-order chi connectivity index (χ1) is 16.1. The van der Waals surface area contributed by atoms with Gasteiger partial charge in [-0.25, -0.2) is 4.79 Å². The van der Waals surface area contributed by atoms with E-state index in [0.717, 1.165) is 35.6 Å². The summed E-state index contributed by atoms with van der Waals surface area (Å²) >= 11 is 0. The maximum atomic E-state index is 12.7. The molecule has 2 heterocycles. The molecular formula is C23H22F3N5O3. The number of benzene rings is 2. The fourth-order valence-electron chi connectivity index (χ4n) is 3.11. The van der Waals surface area contributed by atoms with Gasteiger partial charge in [0.1, 0.15) is 5.69 Å². The second-order valence-corrected chi connectivity index (χ2v) is 7.42. The Morgan fingerprint density at radius 1 is 1.21 bits per heavy atom. The van der Waals surface area contributed by atoms with Crippen LogP contribution in [-0.2, 0) is 11.3 Å². The minimum absolute atomic E-state index is 0.131. The number of carbonyl (C=O) groups excluding carboxylic acids is 1. The van der Waals surface area contributed by atoms with Gasteiger partial charge in [-0.2, -0.15) is 13.2 Å². The molecule has 0 bridgehead atoms. The van der Waals surface area contributed by atoms with Crippen LogP contribution in [0.15, 0.2) is 66.9 Å². The lowest BCUT2D eigenvalue weighted by Gasteiger charge is -2.09. The minimum atomic E-state index is -5.08. The number of aliphatic carboxylic acids is 1. The van der Waals surface area contributed by atoms with E-state index in [2.05, 4.69) is 33.1 Å². The number of nitrogens with zero attached hydrogens (tertiary/aromatic N) is 3. The lowest BCUT2D eigenvalue weighted by atomic mass is 10.0. The SMILES string of the molecule is Cc1ccc(-c2cn(CC3C=CCN3)nn2)cc1C(=O)Nc1ccccc1.O=C(O)C(F)(F)F. The van der Waals surface area contributed by atoms with Crippen LogP contribution in [0.3, 0.4) is 0 Å². The number of alkyl halides is 3. The number of anilines is 1. The number of rotatable bonds is 5. The summed E-state index contributed by atoms with van der Waals surface area (Å²) in [6, 6.07) is 15.5. The van der Waals surface area contributed by atoms with E-state index in [1.807, 2.05) is 66.3 Å². The number of aromatic nitrogens is 3. The van der Waals surface area contributed by atoms with Crippen molar-refractivity contribution in [3.63, 3.8) is 0 Å². The molecule has 0 saturated heterocycles. The molecule has 1 amide bonds. The molecule has 1 aliphatic heterocycles. The van der Waals surface area contributed by atoms with Gasteiger partial charge in [-0.15, -0.1) is 5.10 Å². The fourth-order valence-corrected chi connectivity index (χ4v) is 3.11. The highest BCUT2D eigenvalue weighted by Crippen LogP contribution is 2.22. The third-order valence-corrected chi connectivity index (χ3v) is 4.84. The summed E-state index contributed by atoms with van der Waals surface area (Å²) in [5, 5.41) is 21.9. The highest BCUT2D eigenvalue weighted by atomic mass is 19.4. The number of hydrogen-bond donors (Lipinski definition) is 3. The molecular weight excluding hydrogens is 451 g/mol. The standard InChI is InChI=1S/C21H21N5O.C2HF3O2/c1-15-9-10-16(12-19(15)21(27)23-17-6-3-2-4-7-17)20-14-26(25-24-20)13-18-8-5-11-22-18;3-2(4,5)1(6)7/h2-10,12,14,18,22H,11,13H2,1H3,(H,23,27);(H,6,7). The molecule has 0 saturated carbocycles. The van der Waals surface area contributed by atoms with Crippen LogP contribution in [0.5, 0.6) is 0 Å². The van der Waals surface area contributed by atoms with Gasteiger partial charge in [0, 0.05) is 29.4 Å². The molecule has 1 unspecified atom stereocenters. The molecule has 0 aliphatic carbocycles. The Kier molecular flexibility index (Phi) is 7.79. The van der Waals surface area contributed by atoms with Crippen LogP contribution in [0.25, 0.3) is 11.3 Å². The molecule has 8 nitrogen and oxygen atoms in total. The molecule has 1 aliphatic rings. The van der Waals surface area contributed by atoms with E-state index in [-0.39, 0.29) is 11.9 Å². The summed E-state index contributed by atoms with van der Waals surface area (Å²) in [7, 11) is 0. The Balaban J connectivity index is 0.000000406. The van der Waals surface area contributed by atoms with Crippen molar-refractivity contribution < 1.29 is 27.9 Å². The zero-order chi connectivity index (χ0) is 24.7. The van der Waals surface area contributed by atoms with Gasteiger partial charge in [0.15, 0.2) is 0 Å². The van der Waals surface area contributed by atoms with E-state index in [4.69, 9.17) is 9.90 Å². The quantitative estimate of drug-likeness (QED) is 0.488. The summed E-state index contributed by atoms with van der Waals surface area (Å²) < 4.78 is 33.6. The minimum Gasteiger partial charge on any atom is -0.475 e. The fraction of sp³-hybridized carbons (Fsp3) is 0.217. The highest BCUT2D eigenvalue weighted by molar-refractivity contribution is 6.05. The van der Waals surface area contributed by atoms with Gasteiger partial charge in [0.2, 0.25) is 0 Å². The number of aryl methyl sites for hydroxylation is 1.